The van der Waals surface area contributed by atoms with Crippen molar-refractivity contribution < 1.29 is 5.11 Å². The van der Waals surface area contributed by atoms with E-state index in [-0.39, 0.29) is 5.56 Å². The largest absolute Gasteiger partial charge is 0.388 e. The smallest absolute Gasteiger partial charge is 0.292 e. The highest BCUT2D eigenvalue weighted by Crippen LogP contribution is 2.36. The summed E-state index contributed by atoms with van der Waals surface area (Å²) in [6, 6.07) is 8.93. The van der Waals surface area contributed by atoms with Gasteiger partial charge in [-0.2, -0.15) is 4.68 Å². The maximum absolute atomic E-state index is 13.0. The van der Waals surface area contributed by atoms with Crippen molar-refractivity contribution in [3.05, 3.63) is 57.0 Å². The predicted octanol–water partition coefficient (Wildman–Crippen LogP) is 3.41. The predicted molar refractivity (Wildman–Crippen MR) is 101 cm³/mol. The van der Waals surface area contributed by atoms with E-state index in [9.17, 15) is 9.90 Å². The molecule has 5 rings (SSSR count). The number of hydrogen-bond donors (Lipinski definition) is 1. The second kappa shape index (κ2) is 5.84. The minimum Gasteiger partial charge on any atom is -0.388 e. The molecule has 0 bridgehead atoms. The SMILES string of the molecule is O=c1c2sc3nc4c(cc3c2nnn1-c1ccccc1Cl)C(O)CCC4. The van der Waals surface area contributed by atoms with E-state index in [1.165, 1.54) is 16.0 Å². The van der Waals surface area contributed by atoms with Gasteiger partial charge in [0.2, 0.25) is 0 Å². The van der Waals surface area contributed by atoms with Crippen LogP contribution in [-0.4, -0.2) is 25.1 Å². The fourth-order valence-corrected chi connectivity index (χ4v) is 4.67. The highest BCUT2D eigenvalue weighted by Gasteiger charge is 2.23. The van der Waals surface area contributed by atoms with E-state index in [4.69, 9.17) is 11.6 Å². The van der Waals surface area contributed by atoms with E-state index < -0.39 is 6.10 Å². The van der Waals surface area contributed by atoms with Crippen molar-refractivity contribution in [3.63, 3.8) is 0 Å². The molecule has 1 aliphatic carbocycles. The summed E-state index contributed by atoms with van der Waals surface area (Å²) >= 11 is 7.50. The molecule has 6 nitrogen and oxygen atoms in total. The summed E-state index contributed by atoms with van der Waals surface area (Å²) in [6.07, 6.45) is 1.97. The maximum Gasteiger partial charge on any atom is 0.292 e. The Morgan fingerprint density at radius 2 is 2.15 bits per heavy atom. The molecule has 26 heavy (non-hydrogen) atoms. The molecule has 0 saturated heterocycles. The number of hydrogen-bond acceptors (Lipinski definition) is 6. The van der Waals surface area contributed by atoms with Gasteiger partial charge in [0.25, 0.3) is 5.56 Å². The molecular weight excluding hydrogens is 372 g/mol. The number of rotatable bonds is 1. The van der Waals surface area contributed by atoms with Crippen LogP contribution in [0.5, 0.6) is 0 Å². The van der Waals surface area contributed by atoms with Crippen LogP contribution in [0.1, 0.15) is 30.2 Å². The highest BCUT2D eigenvalue weighted by molar-refractivity contribution is 7.25. The van der Waals surface area contributed by atoms with Crippen molar-refractivity contribution in [1.29, 1.82) is 0 Å². The Morgan fingerprint density at radius 3 is 3.00 bits per heavy atom. The number of aryl methyl sites for hydroxylation is 1. The molecule has 0 spiro atoms. The van der Waals surface area contributed by atoms with Crippen LogP contribution in [-0.2, 0) is 6.42 Å². The number of aliphatic hydroxyl groups excluding tert-OH is 1. The fraction of sp³-hybridized carbons (Fsp3) is 0.222. The fourth-order valence-electron chi connectivity index (χ4n) is 3.42. The number of aliphatic hydroxyl groups is 1. The van der Waals surface area contributed by atoms with Gasteiger partial charge in [-0.1, -0.05) is 28.9 Å². The Balaban J connectivity index is 1.80. The molecule has 0 aliphatic heterocycles. The average molecular weight is 385 g/mol. The van der Waals surface area contributed by atoms with Gasteiger partial charge in [-0.3, -0.25) is 4.79 Å². The van der Waals surface area contributed by atoms with Crippen molar-refractivity contribution in [2.24, 2.45) is 0 Å². The molecule has 1 atom stereocenters. The summed E-state index contributed by atoms with van der Waals surface area (Å²) in [5, 5.41) is 19.8. The second-order valence-electron chi connectivity index (χ2n) is 6.32. The van der Waals surface area contributed by atoms with Gasteiger partial charge in [0.05, 0.1) is 16.8 Å². The Bertz CT molecular complexity index is 1230. The highest BCUT2D eigenvalue weighted by atomic mass is 35.5. The van der Waals surface area contributed by atoms with Gasteiger partial charge in [0, 0.05) is 16.6 Å². The topological polar surface area (TPSA) is 80.9 Å². The molecule has 130 valence electrons. The molecule has 1 N–H and O–H groups in total. The number of pyridine rings is 1. The van der Waals surface area contributed by atoms with Gasteiger partial charge in [0.15, 0.2) is 0 Å². The van der Waals surface area contributed by atoms with Gasteiger partial charge in [-0.15, -0.1) is 16.4 Å². The molecule has 0 saturated carbocycles. The maximum atomic E-state index is 13.0. The number of aromatic nitrogens is 4. The van der Waals surface area contributed by atoms with Gasteiger partial charge in [-0.25, -0.2) is 4.98 Å². The summed E-state index contributed by atoms with van der Waals surface area (Å²) in [5.41, 5.74) is 2.48. The zero-order valence-electron chi connectivity index (χ0n) is 13.5. The summed E-state index contributed by atoms with van der Waals surface area (Å²) in [5.74, 6) is 0. The molecule has 3 heterocycles. The van der Waals surface area contributed by atoms with Crippen LogP contribution in [0.4, 0.5) is 0 Å². The third-order valence-electron chi connectivity index (χ3n) is 4.72. The van der Waals surface area contributed by atoms with Gasteiger partial charge >= 0.3 is 0 Å². The first-order valence-corrected chi connectivity index (χ1v) is 9.48. The molecule has 0 fully saturated rings. The molecule has 8 heteroatoms. The van der Waals surface area contributed by atoms with Gasteiger partial charge in [-0.05, 0) is 37.5 Å². The van der Waals surface area contributed by atoms with E-state index in [0.29, 0.717) is 20.9 Å². The number of halogens is 1. The lowest BCUT2D eigenvalue weighted by atomic mass is 9.93. The average Bonchev–Trinajstić information content (AvgIpc) is 3.00. The summed E-state index contributed by atoms with van der Waals surface area (Å²) in [7, 11) is 0. The first-order valence-electron chi connectivity index (χ1n) is 8.28. The summed E-state index contributed by atoms with van der Waals surface area (Å²) in [6.45, 7) is 0. The monoisotopic (exact) mass is 384 g/mol. The molecule has 1 aliphatic rings. The van der Waals surface area contributed by atoms with Crippen molar-refractivity contribution in [3.8, 4) is 5.69 Å². The first-order chi connectivity index (χ1) is 12.6. The second-order valence-corrected chi connectivity index (χ2v) is 7.73. The van der Waals surface area contributed by atoms with Crippen molar-refractivity contribution in [1.82, 2.24) is 20.0 Å². The lowest BCUT2D eigenvalue weighted by molar-refractivity contribution is 0.156. The Labute approximate surface area is 156 Å². The lowest BCUT2D eigenvalue weighted by Gasteiger charge is -2.20. The van der Waals surface area contributed by atoms with Crippen LogP contribution < -0.4 is 5.56 Å². The minimum absolute atomic E-state index is 0.273. The minimum atomic E-state index is -0.512. The van der Waals surface area contributed by atoms with Crippen LogP contribution in [0, 0.1) is 0 Å². The Morgan fingerprint density at radius 1 is 1.31 bits per heavy atom. The summed E-state index contributed by atoms with van der Waals surface area (Å²) < 4.78 is 1.70. The van der Waals surface area contributed by atoms with E-state index in [2.05, 4.69) is 15.3 Å². The Hall–Kier alpha value is -2.35. The van der Waals surface area contributed by atoms with Crippen molar-refractivity contribution in [2.75, 3.05) is 0 Å². The molecule has 1 aromatic carbocycles. The third-order valence-corrected chi connectivity index (χ3v) is 6.12. The zero-order chi connectivity index (χ0) is 17.8. The zero-order valence-corrected chi connectivity index (χ0v) is 15.1. The van der Waals surface area contributed by atoms with E-state index in [0.717, 1.165) is 40.7 Å². The standard InChI is InChI=1S/C18H13ClN4O2S/c19-11-4-1-2-6-13(11)23-18(25)16-15(21-22-23)10-8-9-12(20-17(10)26-16)5-3-7-14(9)24/h1-2,4,6,8,14,24H,3,5,7H2. The van der Waals surface area contributed by atoms with Crippen LogP contribution in [0.2, 0.25) is 5.02 Å². The number of benzene rings is 1. The summed E-state index contributed by atoms with van der Waals surface area (Å²) in [4.78, 5) is 18.4. The van der Waals surface area contributed by atoms with Gasteiger partial charge in [0.1, 0.15) is 15.0 Å². The molecule has 0 radical (unpaired) electrons. The number of thiophene rings is 1. The number of fused-ring (bicyclic) bond motifs is 4. The number of nitrogens with zero attached hydrogens (tertiary/aromatic N) is 4. The Kier molecular flexibility index (Phi) is 3.56. The lowest BCUT2D eigenvalue weighted by Crippen LogP contribution is -2.21. The normalized spacial score (nSPS) is 16.9. The third kappa shape index (κ3) is 2.28. The first kappa shape index (κ1) is 15.9. The van der Waals surface area contributed by atoms with Crippen molar-refractivity contribution >= 4 is 43.4 Å². The van der Waals surface area contributed by atoms with Crippen molar-refractivity contribution in [2.45, 2.75) is 25.4 Å². The molecule has 3 aromatic heterocycles. The molecule has 0 amide bonds. The number of para-hydroxylation sites is 1. The van der Waals surface area contributed by atoms with Crippen LogP contribution in [0.15, 0.2) is 35.1 Å². The molecular formula is C18H13ClN4O2S. The van der Waals surface area contributed by atoms with Crippen LogP contribution in [0.25, 0.3) is 26.1 Å². The quantitative estimate of drug-likeness (QED) is 0.544. The van der Waals surface area contributed by atoms with E-state index in [1.54, 1.807) is 24.3 Å². The van der Waals surface area contributed by atoms with E-state index >= 15 is 0 Å². The van der Waals surface area contributed by atoms with Gasteiger partial charge < -0.3 is 5.11 Å². The van der Waals surface area contributed by atoms with Crippen LogP contribution in [0.3, 0.4) is 0 Å². The van der Waals surface area contributed by atoms with E-state index in [1.807, 2.05) is 6.07 Å². The molecule has 4 aromatic rings. The molecule has 1 unspecified atom stereocenters. The van der Waals surface area contributed by atoms with Crippen LogP contribution >= 0.6 is 22.9 Å².